The second kappa shape index (κ2) is 17.1. The number of carbonyl (C=O) groups excluding carboxylic acids is 3. The van der Waals surface area contributed by atoms with Gasteiger partial charge < -0.3 is 60.8 Å². The molecule has 18 nitrogen and oxygen atoms in total. The van der Waals surface area contributed by atoms with Crippen molar-refractivity contribution in [3.8, 4) is 17.2 Å². The van der Waals surface area contributed by atoms with Gasteiger partial charge in [-0.15, -0.1) is 0 Å². The molecule has 0 aliphatic rings. The van der Waals surface area contributed by atoms with Crippen LogP contribution in [0.25, 0.3) is 12.2 Å². The molecule has 0 radical (unpaired) electrons. The average Bonchev–Trinajstić information content (AvgIpc) is 2.96. The van der Waals surface area contributed by atoms with Gasteiger partial charge >= 0.3 is 36.2 Å². The van der Waals surface area contributed by atoms with E-state index in [4.69, 9.17) is 19.3 Å². The van der Waals surface area contributed by atoms with Crippen molar-refractivity contribution in [2.45, 2.75) is 57.2 Å². The van der Waals surface area contributed by atoms with Crippen LogP contribution < -0.4 is 30.2 Å². The van der Waals surface area contributed by atoms with E-state index in [9.17, 15) is 54.3 Å². The van der Waals surface area contributed by atoms with Crippen LogP contribution in [0.1, 0.15) is 31.9 Å². The van der Waals surface area contributed by atoms with Gasteiger partial charge in [-0.25, -0.2) is 28.8 Å². The van der Waals surface area contributed by atoms with Crippen LogP contribution in [-0.4, -0.2) is 103 Å². The van der Waals surface area contributed by atoms with Crippen molar-refractivity contribution >= 4 is 48.3 Å². The molecule has 0 aromatic heterocycles. The molecule has 0 saturated carbocycles. The lowest BCUT2D eigenvalue weighted by Gasteiger charge is -2.18. The molecule has 6 unspecified atom stereocenters. The number of aliphatic carboxylic acids is 3. The summed E-state index contributed by atoms with van der Waals surface area (Å²) in [6, 6.07) is 4.38. The number of aliphatic hydroxyl groups is 3. The Hall–Kier alpha value is -5.72. The van der Waals surface area contributed by atoms with Crippen LogP contribution in [0, 0.1) is 0 Å². The Morgan fingerprint density at radius 3 is 1.17 bits per heavy atom. The number of carboxylic acids is 3. The molecule has 6 atom stereocenters. The molecule has 254 valence electrons. The van der Waals surface area contributed by atoms with E-state index in [1.54, 1.807) is 0 Å². The highest BCUT2D eigenvalue weighted by atomic mass is 16.6. The van der Waals surface area contributed by atoms with Crippen molar-refractivity contribution in [1.29, 1.82) is 0 Å². The summed E-state index contributed by atoms with van der Waals surface area (Å²) < 4.78 is 15.3. The van der Waals surface area contributed by atoms with Gasteiger partial charge in [0.15, 0.2) is 18.1 Å². The van der Waals surface area contributed by atoms with Gasteiger partial charge in [0, 0.05) is 6.07 Å². The lowest BCUT2D eigenvalue weighted by atomic mass is 10.1. The number of aliphatic hydroxyl groups excluding tert-OH is 3. The number of hydrogen-bond acceptors (Lipinski definition) is 12. The first kappa shape index (κ1) is 37.5. The molecule has 2 rings (SSSR count). The van der Waals surface area contributed by atoms with Crippen LogP contribution in [0.4, 0.5) is 14.4 Å². The molecular formula is C29H33N3O15. The minimum atomic E-state index is -1.71. The Morgan fingerprint density at radius 2 is 0.851 bits per heavy atom. The molecule has 0 aliphatic carbocycles. The fourth-order valence-electron chi connectivity index (χ4n) is 3.60. The average molecular weight is 664 g/mol. The third kappa shape index (κ3) is 12.3. The van der Waals surface area contributed by atoms with E-state index in [0.29, 0.717) is 5.56 Å². The van der Waals surface area contributed by atoms with Crippen LogP contribution in [0.15, 0.2) is 42.5 Å². The number of amides is 3. The van der Waals surface area contributed by atoms with Crippen molar-refractivity contribution in [3.63, 3.8) is 0 Å². The van der Waals surface area contributed by atoms with E-state index in [-0.39, 0.29) is 22.8 Å². The summed E-state index contributed by atoms with van der Waals surface area (Å²) in [5.41, 5.74) is 0.767. The van der Waals surface area contributed by atoms with E-state index in [0.717, 1.165) is 19.9 Å². The van der Waals surface area contributed by atoms with Crippen molar-refractivity contribution < 1.29 is 73.6 Å². The SMILES string of the molecule is CC(O)C(NC(=O)Oc1ccc(/C=C/c2cc(OC(=O)NC(C(=O)O)C(C)O)cc(OC(=O)NC(C(=O)O)C(C)O)c2)cc1)C(=O)O. The normalized spacial score (nSPS) is 14.8. The lowest BCUT2D eigenvalue weighted by molar-refractivity contribution is -0.142. The predicted octanol–water partition coefficient (Wildman–Crippen LogP) is 0.624. The van der Waals surface area contributed by atoms with Gasteiger partial charge in [-0.3, -0.25) is 0 Å². The summed E-state index contributed by atoms with van der Waals surface area (Å²) in [4.78, 5) is 70.5. The third-order valence-electron chi connectivity index (χ3n) is 5.95. The maximum Gasteiger partial charge on any atom is 0.413 e. The van der Waals surface area contributed by atoms with Crippen molar-refractivity contribution in [2.24, 2.45) is 0 Å². The Bertz CT molecular complexity index is 1430. The first-order chi connectivity index (χ1) is 22.0. The fourth-order valence-corrected chi connectivity index (χ4v) is 3.60. The van der Waals surface area contributed by atoms with Crippen molar-refractivity contribution in [1.82, 2.24) is 16.0 Å². The summed E-state index contributed by atoms with van der Waals surface area (Å²) >= 11 is 0. The van der Waals surface area contributed by atoms with Crippen LogP contribution >= 0.6 is 0 Å². The molecule has 0 bridgehead atoms. The maximum atomic E-state index is 12.4. The Morgan fingerprint density at radius 1 is 0.532 bits per heavy atom. The molecule has 0 heterocycles. The molecule has 18 heteroatoms. The summed E-state index contributed by atoms with van der Waals surface area (Å²) in [5, 5.41) is 62.1. The number of carboxylic acid groups (broad SMARTS) is 3. The van der Waals surface area contributed by atoms with E-state index >= 15 is 0 Å². The zero-order chi connectivity index (χ0) is 35.4. The first-order valence-electron chi connectivity index (χ1n) is 13.6. The zero-order valence-electron chi connectivity index (χ0n) is 25.0. The molecule has 47 heavy (non-hydrogen) atoms. The maximum absolute atomic E-state index is 12.4. The second-order valence-corrected chi connectivity index (χ2v) is 9.91. The Labute approximate surface area is 266 Å². The topological polar surface area (TPSA) is 288 Å². The van der Waals surface area contributed by atoms with E-state index in [1.165, 1.54) is 55.5 Å². The first-order valence-corrected chi connectivity index (χ1v) is 13.6. The Kier molecular flexibility index (Phi) is 13.6. The van der Waals surface area contributed by atoms with Gasteiger partial charge in [-0.1, -0.05) is 24.3 Å². The van der Waals surface area contributed by atoms with Gasteiger partial charge in [-0.2, -0.15) is 0 Å². The lowest BCUT2D eigenvalue weighted by Crippen LogP contribution is -2.48. The number of nitrogens with one attached hydrogen (secondary N) is 3. The number of ether oxygens (including phenoxy) is 3. The fraction of sp³-hybridized carbons (Fsp3) is 0.310. The van der Waals surface area contributed by atoms with Gasteiger partial charge in [-0.05, 0) is 56.2 Å². The molecule has 9 N–H and O–H groups in total. The Balaban J connectivity index is 2.28. The molecule has 0 fully saturated rings. The smallest absolute Gasteiger partial charge is 0.413 e. The number of carbonyl (C=O) groups is 6. The quantitative estimate of drug-likeness (QED) is 0.125. The summed E-state index contributed by atoms with van der Waals surface area (Å²) in [5.74, 6) is -5.04. The highest BCUT2D eigenvalue weighted by molar-refractivity contribution is 5.83. The van der Waals surface area contributed by atoms with Crippen LogP contribution in [0.2, 0.25) is 0 Å². The molecule has 2 aromatic rings. The number of hydrogen-bond donors (Lipinski definition) is 9. The zero-order valence-corrected chi connectivity index (χ0v) is 25.0. The minimum Gasteiger partial charge on any atom is -0.480 e. The van der Waals surface area contributed by atoms with Crippen molar-refractivity contribution in [3.05, 3.63) is 53.6 Å². The van der Waals surface area contributed by atoms with E-state index in [2.05, 4.69) is 0 Å². The minimum absolute atomic E-state index is 0.0335. The van der Waals surface area contributed by atoms with Crippen LogP contribution in [0.5, 0.6) is 17.2 Å². The van der Waals surface area contributed by atoms with Crippen LogP contribution in [0.3, 0.4) is 0 Å². The summed E-state index contributed by atoms with van der Waals surface area (Å²) in [6.07, 6.45) is -5.04. The largest absolute Gasteiger partial charge is 0.480 e. The monoisotopic (exact) mass is 663 g/mol. The van der Waals surface area contributed by atoms with Gasteiger partial charge in [0.05, 0.1) is 18.3 Å². The van der Waals surface area contributed by atoms with E-state index in [1.807, 2.05) is 16.0 Å². The highest BCUT2D eigenvalue weighted by Crippen LogP contribution is 2.25. The predicted molar refractivity (Wildman–Crippen MR) is 159 cm³/mol. The van der Waals surface area contributed by atoms with Crippen LogP contribution in [-0.2, 0) is 14.4 Å². The van der Waals surface area contributed by atoms with E-state index < -0.39 is 72.6 Å². The number of rotatable bonds is 14. The van der Waals surface area contributed by atoms with Crippen molar-refractivity contribution in [2.75, 3.05) is 0 Å². The number of benzene rings is 2. The highest BCUT2D eigenvalue weighted by Gasteiger charge is 2.28. The van der Waals surface area contributed by atoms with Gasteiger partial charge in [0.2, 0.25) is 0 Å². The molecular weight excluding hydrogens is 630 g/mol. The molecule has 2 aromatic carbocycles. The molecule has 0 spiro atoms. The van der Waals surface area contributed by atoms with Gasteiger partial charge in [0.25, 0.3) is 0 Å². The summed E-state index contributed by atoms with van der Waals surface area (Å²) in [6.45, 7) is 3.44. The molecule has 3 amide bonds. The standard InChI is InChI=1S/C29H33N3O15/c1-13(33)21(24(36)37)30-27(42)45-18-8-6-16(7-9-18)4-5-17-10-19(46-28(43)31-22(14(2)34)25(38)39)12-20(11-17)47-29(44)32-23(15(3)35)26(40)41/h4-15,21-23,33-35H,1-3H3,(H,30,42)(H,31,43)(H,32,44)(H,36,37)(H,38,39)(H,40,41)/b5-4+. The molecule has 0 saturated heterocycles. The molecule has 0 aliphatic heterocycles. The summed E-state index contributed by atoms with van der Waals surface area (Å²) in [7, 11) is 0. The second-order valence-electron chi connectivity index (χ2n) is 9.91. The third-order valence-corrected chi connectivity index (χ3v) is 5.95. The van der Waals surface area contributed by atoms with Gasteiger partial charge in [0.1, 0.15) is 17.2 Å².